The van der Waals surface area contributed by atoms with Crippen LogP contribution in [0.3, 0.4) is 0 Å². The van der Waals surface area contributed by atoms with Gasteiger partial charge in [-0.3, -0.25) is 0 Å². The van der Waals surface area contributed by atoms with Crippen molar-refractivity contribution in [1.29, 1.82) is 0 Å². The highest BCUT2D eigenvalue weighted by atomic mass is 19.4. The van der Waals surface area contributed by atoms with Crippen LogP contribution in [0.4, 0.5) is 31.1 Å². The molecule has 0 spiro atoms. The number of H-pyrrole nitrogens is 1. The average molecular weight is 530 g/mol. The normalized spacial score (nSPS) is 13.3. The van der Waals surface area contributed by atoms with Gasteiger partial charge >= 0.3 is 24.4 Å². The Hall–Kier alpha value is -3.70. The molecule has 1 amide bonds. The first kappa shape index (κ1) is 27.9. The molecule has 1 aromatic heterocycles. The average Bonchev–Trinajstić information content (AvgIpc) is 3.17. The fourth-order valence-electron chi connectivity index (χ4n) is 3.52. The van der Waals surface area contributed by atoms with Gasteiger partial charge < -0.3 is 19.8 Å². The van der Waals surface area contributed by atoms with E-state index in [1.807, 2.05) is 0 Å². The van der Waals surface area contributed by atoms with E-state index in [2.05, 4.69) is 10.3 Å². The van der Waals surface area contributed by atoms with E-state index < -0.39 is 59.4 Å². The minimum absolute atomic E-state index is 0.0187. The third-order valence-corrected chi connectivity index (χ3v) is 5.10. The summed E-state index contributed by atoms with van der Waals surface area (Å²) in [5.74, 6) is -1.07. The smallest absolute Gasteiger partial charge is 0.416 e. The molecule has 2 aromatic carbocycles. The monoisotopic (exact) mass is 530 g/mol. The van der Waals surface area contributed by atoms with Gasteiger partial charge in [-0.15, -0.1) is 0 Å². The predicted octanol–water partition coefficient (Wildman–Crippen LogP) is 6.38. The van der Waals surface area contributed by atoms with Crippen LogP contribution in [-0.4, -0.2) is 28.7 Å². The lowest BCUT2D eigenvalue weighted by Gasteiger charge is -2.23. The Labute approximate surface area is 207 Å². The molecule has 3 rings (SSSR count). The van der Waals surface area contributed by atoms with Gasteiger partial charge in [0.1, 0.15) is 18.2 Å². The number of hydrogen-bond acceptors (Lipinski definition) is 4. The van der Waals surface area contributed by atoms with Gasteiger partial charge in [-0.05, 0) is 56.2 Å². The number of alkyl carbamates (subject to hydrolysis) is 1. The number of nitrogens with one attached hydrogen (secondary N) is 2. The van der Waals surface area contributed by atoms with Crippen LogP contribution in [0.2, 0.25) is 0 Å². The maximum atomic E-state index is 13.1. The first-order valence-electron chi connectivity index (χ1n) is 11.0. The third-order valence-electron chi connectivity index (χ3n) is 5.10. The third kappa shape index (κ3) is 7.64. The number of rotatable bonds is 6. The summed E-state index contributed by atoms with van der Waals surface area (Å²) in [6, 6.07) is 6.70. The van der Waals surface area contributed by atoms with Crippen LogP contribution in [0, 0.1) is 0 Å². The largest absolute Gasteiger partial charge is 0.459 e. The minimum atomic E-state index is -5.05. The molecule has 0 aliphatic rings. The fraction of sp³-hybridized carbons (Fsp3) is 0.360. The highest BCUT2D eigenvalue weighted by Crippen LogP contribution is 2.36. The number of esters is 1. The van der Waals surface area contributed by atoms with Crippen molar-refractivity contribution in [1.82, 2.24) is 10.3 Å². The second-order valence-electron chi connectivity index (χ2n) is 9.28. The molecule has 0 unspecified atom stereocenters. The summed E-state index contributed by atoms with van der Waals surface area (Å²) in [6.07, 6.45) is -9.51. The molecule has 6 nitrogen and oxygen atoms in total. The summed E-state index contributed by atoms with van der Waals surface area (Å²) >= 11 is 0. The Morgan fingerprint density at radius 1 is 0.946 bits per heavy atom. The Morgan fingerprint density at radius 3 is 2.11 bits per heavy atom. The second kappa shape index (κ2) is 10.3. The number of hydrogen-bond donors (Lipinski definition) is 2. The number of ether oxygens (including phenoxy) is 2. The van der Waals surface area contributed by atoms with E-state index in [9.17, 15) is 35.9 Å². The number of alkyl halides is 6. The first-order valence-corrected chi connectivity index (χ1v) is 11.0. The summed E-state index contributed by atoms with van der Waals surface area (Å²) in [5.41, 5.74) is -3.10. The van der Waals surface area contributed by atoms with Crippen molar-refractivity contribution in [2.75, 3.05) is 0 Å². The summed E-state index contributed by atoms with van der Waals surface area (Å²) in [6.45, 7) is 3.93. The Kier molecular flexibility index (Phi) is 7.80. The van der Waals surface area contributed by atoms with Crippen LogP contribution in [0.1, 0.15) is 43.0 Å². The highest BCUT2D eigenvalue weighted by molar-refractivity contribution is 5.86. The van der Waals surface area contributed by atoms with Gasteiger partial charge in [0, 0.05) is 23.5 Å². The number of aromatic amines is 1. The Balaban J connectivity index is 1.84. The molecule has 12 heteroatoms. The molecule has 200 valence electrons. The van der Waals surface area contributed by atoms with Crippen molar-refractivity contribution >= 4 is 23.0 Å². The van der Waals surface area contributed by atoms with Gasteiger partial charge in [0.05, 0.1) is 11.1 Å². The summed E-state index contributed by atoms with van der Waals surface area (Å²) in [5, 5.41) is 3.12. The minimum Gasteiger partial charge on any atom is -0.459 e. The van der Waals surface area contributed by atoms with Crippen molar-refractivity contribution in [2.24, 2.45) is 0 Å². The van der Waals surface area contributed by atoms with Crippen LogP contribution < -0.4 is 5.32 Å². The SMILES string of the molecule is CC(C)(C)OC(=O)N[C@@H](Cc1c[nH]c2ccccc12)C(=O)OCc1cc(C(F)(F)F)cc(C(F)(F)F)c1. The lowest BCUT2D eigenvalue weighted by atomic mass is 10.0. The molecular formula is C25H24F6N2O4. The number of fused-ring (bicyclic) bond motifs is 1. The number of carbonyl (C=O) groups excluding carboxylic acids is 2. The number of para-hydroxylation sites is 1. The number of carbonyl (C=O) groups is 2. The molecule has 37 heavy (non-hydrogen) atoms. The van der Waals surface area contributed by atoms with E-state index in [-0.39, 0.29) is 12.5 Å². The second-order valence-corrected chi connectivity index (χ2v) is 9.28. The molecule has 2 N–H and O–H groups in total. The summed E-state index contributed by atoms with van der Waals surface area (Å²) in [4.78, 5) is 28.3. The molecular weight excluding hydrogens is 506 g/mol. The van der Waals surface area contributed by atoms with Crippen LogP contribution in [0.5, 0.6) is 0 Å². The van der Waals surface area contributed by atoms with Gasteiger partial charge in [0.25, 0.3) is 0 Å². The lowest BCUT2D eigenvalue weighted by Crippen LogP contribution is -2.45. The molecule has 0 aliphatic carbocycles. The summed E-state index contributed by atoms with van der Waals surface area (Å²) in [7, 11) is 0. The van der Waals surface area contributed by atoms with Crippen LogP contribution >= 0.6 is 0 Å². The zero-order chi connectivity index (χ0) is 27.6. The molecule has 3 aromatic rings. The molecule has 0 saturated heterocycles. The number of aromatic nitrogens is 1. The fourth-order valence-corrected chi connectivity index (χ4v) is 3.52. The molecule has 0 aliphatic heterocycles. The zero-order valence-electron chi connectivity index (χ0n) is 20.0. The molecule has 0 saturated carbocycles. The number of benzene rings is 2. The van der Waals surface area contributed by atoms with Crippen molar-refractivity contribution in [3.63, 3.8) is 0 Å². The maximum absolute atomic E-state index is 13.1. The molecule has 1 heterocycles. The Morgan fingerprint density at radius 2 is 1.54 bits per heavy atom. The van der Waals surface area contributed by atoms with Gasteiger partial charge in [0.15, 0.2) is 0 Å². The lowest BCUT2D eigenvalue weighted by molar-refractivity contribution is -0.147. The van der Waals surface area contributed by atoms with Gasteiger partial charge in [0.2, 0.25) is 0 Å². The number of amides is 1. The maximum Gasteiger partial charge on any atom is 0.416 e. The van der Waals surface area contributed by atoms with Crippen LogP contribution in [0.25, 0.3) is 10.9 Å². The van der Waals surface area contributed by atoms with E-state index in [0.717, 1.165) is 10.9 Å². The Bertz CT molecular complexity index is 1240. The van der Waals surface area contributed by atoms with E-state index >= 15 is 0 Å². The van der Waals surface area contributed by atoms with Crippen molar-refractivity contribution in [3.05, 3.63) is 70.9 Å². The van der Waals surface area contributed by atoms with Crippen molar-refractivity contribution < 1.29 is 45.4 Å². The molecule has 1 atom stereocenters. The van der Waals surface area contributed by atoms with Gasteiger partial charge in [-0.2, -0.15) is 26.3 Å². The molecule has 0 bridgehead atoms. The first-order chi connectivity index (χ1) is 17.0. The van der Waals surface area contributed by atoms with Crippen LogP contribution in [-0.2, 0) is 39.6 Å². The topological polar surface area (TPSA) is 80.4 Å². The zero-order valence-corrected chi connectivity index (χ0v) is 20.0. The predicted molar refractivity (Wildman–Crippen MR) is 121 cm³/mol. The van der Waals surface area contributed by atoms with Crippen LogP contribution in [0.15, 0.2) is 48.7 Å². The standard InChI is InChI=1S/C25H24F6N2O4/c1-23(2,3)37-22(35)33-20(10-15-12-32-19-7-5-4-6-18(15)19)21(34)36-13-14-8-16(24(26,27)28)11-17(9-14)25(29,30)31/h4-9,11-12,20,32H,10,13H2,1-3H3,(H,33,35)/t20-/m0/s1. The van der Waals surface area contributed by atoms with E-state index in [1.165, 1.54) is 0 Å². The van der Waals surface area contributed by atoms with Gasteiger partial charge in [-0.25, -0.2) is 9.59 Å². The van der Waals surface area contributed by atoms with Gasteiger partial charge in [-0.1, -0.05) is 18.2 Å². The summed E-state index contributed by atoms with van der Waals surface area (Å²) < 4.78 is 89.1. The molecule has 0 fully saturated rings. The number of halogens is 6. The van der Waals surface area contributed by atoms with E-state index in [0.29, 0.717) is 17.7 Å². The van der Waals surface area contributed by atoms with Crippen molar-refractivity contribution in [2.45, 2.75) is 57.8 Å². The molecule has 0 radical (unpaired) electrons. The van der Waals surface area contributed by atoms with E-state index in [4.69, 9.17) is 9.47 Å². The highest BCUT2D eigenvalue weighted by Gasteiger charge is 2.37. The van der Waals surface area contributed by atoms with E-state index in [1.54, 1.807) is 51.2 Å². The quantitative estimate of drug-likeness (QED) is 0.286. The van der Waals surface area contributed by atoms with Crippen molar-refractivity contribution in [3.8, 4) is 0 Å².